The minimum Gasteiger partial charge on any atom is -0.503 e. The maximum absolute atomic E-state index is 12.9. The SMILES string of the molecule is CCCC[C@H](c1ccccc1)[C@H](C)OC(=O)[C@H](C)CC(=O)c1nccc(OC)c1O.CCCC[C@H](c1ccccc1)[C@H](C)OC(=O)[C@H](C)CC(=O)c1nccc(OC)c1OC(C)=O. The first-order valence-electron chi connectivity index (χ1n) is 21.7. The third-order valence-corrected chi connectivity index (χ3v) is 10.7. The molecule has 0 amide bonds. The van der Waals surface area contributed by atoms with E-state index < -0.39 is 41.3 Å². The molecule has 0 saturated carbocycles. The fourth-order valence-corrected chi connectivity index (χ4v) is 7.11. The van der Waals surface area contributed by atoms with Crippen LogP contribution in [0.15, 0.2) is 85.2 Å². The Bertz CT molecular complexity index is 2080. The quantitative estimate of drug-likeness (QED) is 0.0551. The van der Waals surface area contributed by atoms with E-state index in [0.29, 0.717) is 0 Å². The van der Waals surface area contributed by atoms with Crippen LogP contribution < -0.4 is 14.2 Å². The van der Waals surface area contributed by atoms with E-state index in [1.54, 1.807) is 13.8 Å². The smallest absolute Gasteiger partial charge is 0.309 e. The number of hydrogen-bond acceptors (Lipinski definition) is 13. The predicted octanol–water partition coefficient (Wildman–Crippen LogP) is 10.0. The standard InChI is InChI=1S/C26H33NO6.C24H31NO5/c1-6-7-13-21(20-11-9-8-10-12-20)18(3)32-26(30)17(2)16-22(29)24-25(33-19(4)28)23(31-5)14-15-27-24;1-5-6-12-19(18-10-8-7-9-11-18)17(3)30-24(28)16(2)15-20(26)22-23(27)21(29-4)13-14-25-22/h8-12,14-15,17-18,21H,6-7,13,16H2,1-5H3;7-11,13-14,16-17,19,27H,5-6,12,15H2,1-4H3/t17-,18+,21+;16-,17+,19+/m11/s1. The lowest BCUT2D eigenvalue weighted by Crippen LogP contribution is -2.27. The van der Waals surface area contributed by atoms with Gasteiger partial charge in [-0.15, -0.1) is 0 Å². The predicted molar refractivity (Wildman–Crippen MR) is 239 cm³/mol. The van der Waals surface area contributed by atoms with Crippen LogP contribution in [0.3, 0.4) is 0 Å². The van der Waals surface area contributed by atoms with Crippen LogP contribution in [0.1, 0.15) is 144 Å². The van der Waals surface area contributed by atoms with Crippen LogP contribution >= 0.6 is 0 Å². The van der Waals surface area contributed by atoms with Crippen molar-refractivity contribution in [3.8, 4) is 23.0 Å². The topological polar surface area (TPSA) is 178 Å². The maximum Gasteiger partial charge on any atom is 0.309 e. The van der Waals surface area contributed by atoms with Crippen LogP contribution in [0.2, 0.25) is 0 Å². The lowest BCUT2D eigenvalue weighted by Gasteiger charge is -2.26. The van der Waals surface area contributed by atoms with Crippen molar-refractivity contribution < 1.29 is 52.8 Å². The molecule has 2 heterocycles. The number of hydrogen-bond donors (Lipinski definition) is 1. The largest absolute Gasteiger partial charge is 0.503 e. The number of ketones is 2. The summed E-state index contributed by atoms with van der Waals surface area (Å²) in [5, 5.41) is 10.1. The Morgan fingerprint density at radius 1 is 0.603 bits per heavy atom. The van der Waals surface area contributed by atoms with Gasteiger partial charge in [-0.1, -0.05) is 114 Å². The van der Waals surface area contributed by atoms with Gasteiger partial charge in [0.25, 0.3) is 0 Å². The van der Waals surface area contributed by atoms with E-state index in [1.165, 1.54) is 45.7 Å². The molecule has 0 radical (unpaired) electrons. The number of nitrogens with zero attached hydrogens (tertiary/aromatic N) is 2. The number of carbonyl (C=O) groups is 5. The highest BCUT2D eigenvalue weighted by Crippen LogP contribution is 2.33. The van der Waals surface area contributed by atoms with Crippen molar-refractivity contribution >= 4 is 29.5 Å². The van der Waals surface area contributed by atoms with E-state index in [-0.39, 0.29) is 71.3 Å². The minimum atomic E-state index is -0.694. The van der Waals surface area contributed by atoms with Gasteiger partial charge in [-0.05, 0) is 37.8 Å². The van der Waals surface area contributed by atoms with Crippen molar-refractivity contribution in [1.29, 1.82) is 0 Å². The molecule has 2 aromatic carbocycles. The van der Waals surface area contributed by atoms with Gasteiger partial charge in [0.05, 0.1) is 26.1 Å². The number of Topliss-reactive ketones (excluding diaryl/α,β-unsaturated/α-hetero) is 2. The van der Waals surface area contributed by atoms with Crippen LogP contribution in [0.5, 0.6) is 23.0 Å². The highest BCUT2D eigenvalue weighted by Gasteiger charge is 2.30. The van der Waals surface area contributed by atoms with Crippen LogP contribution in [0.4, 0.5) is 0 Å². The Balaban J connectivity index is 0.000000337. The molecule has 0 saturated heterocycles. The normalized spacial score (nSPS) is 13.7. The fourth-order valence-electron chi connectivity index (χ4n) is 7.11. The zero-order chi connectivity index (χ0) is 46.5. The number of aromatic hydroxyl groups is 1. The van der Waals surface area contributed by atoms with E-state index >= 15 is 0 Å². The van der Waals surface area contributed by atoms with Gasteiger partial charge in [0.15, 0.2) is 40.2 Å². The molecule has 6 atom stereocenters. The monoisotopic (exact) mass is 868 g/mol. The molecule has 2 aromatic heterocycles. The van der Waals surface area contributed by atoms with Crippen molar-refractivity contribution in [3.05, 3.63) is 108 Å². The lowest BCUT2D eigenvalue weighted by molar-refractivity contribution is -0.154. The Morgan fingerprint density at radius 2 is 1.02 bits per heavy atom. The number of carbonyl (C=O) groups excluding carboxylic acids is 5. The zero-order valence-electron chi connectivity index (χ0n) is 38.1. The van der Waals surface area contributed by atoms with Crippen molar-refractivity contribution in [2.75, 3.05) is 14.2 Å². The van der Waals surface area contributed by atoms with Gasteiger partial charge in [-0.25, -0.2) is 9.97 Å². The Hall–Kier alpha value is -6.11. The summed E-state index contributed by atoms with van der Waals surface area (Å²) in [7, 11) is 2.80. The van der Waals surface area contributed by atoms with E-state index in [1.807, 2.05) is 62.4 Å². The molecule has 0 unspecified atom stereocenters. The Labute approximate surface area is 371 Å². The van der Waals surface area contributed by atoms with Crippen molar-refractivity contribution in [2.45, 2.75) is 124 Å². The fraction of sp³-hybridized carbons (Fsp3) is 0.460. The molecular formula is C50H64N2O11. The van der Waals surface area contributed by atoms with Gasteiger partial charge in [-0.2, -0.15) is 0 Å². The summed E-state index contributed by atoms with van der Waals surface area (Å²) in [4.78, 5) is 70.4. The molecule has 1 N–H and O–H groups in total. The number of methoxy groups -OCH3 is 2. The van der Waals surface area contributed by atoms with Crippen LogP contribution in [0, 0.1) is 11.8 Å². The minimum absolute atomic E-state index is 0.0462. The van der Waals surface area contributed by atoms with Gasteiger partial charge in [-0.3, -0.25) is 24.0 Å². The number of pyridine rings is 2. The average Bonchev–Trinajstić information content (AvgIpc) is 3.27. The molecule has 4 aromatic rings. The second-order valence-electron chi connectivity index (χ2n) is 15.7. The molecule has 0 aliphatic carbocycles. The Kier molecular flexibility index (Phi) is 21.5. The third kappa shape index (κ3) is 15.6. The van der Waals surface area contributed by atoms with Crippen molar-refractivity contribution in [1.82, 2.24) is 9.97 Å². The molecule has 0 fully saturated rings. The molecule has 340 valence electrons. The second kappa shape index (κ2) is 26.4. The molecule has 0 bridgehead atoms. The summed E-state index contributed by atoms with van der Waals surface area (Å²) in [6.07, 6.45) is 7.88. The molecular weight excluding hydrogens is 805 g/mol. The number of ether oxygens (including phenoxy) is 5. The molecule has 0 spiro atoms. The number of esters is 3. The van der Waals surface area contributed by atoms with Crippen molar-refractivity contribution in [3.63, 3.8) is 0 Å². The number of aromatic nitrogens is 2. The molecule has 0 aliphatic rings. The highest BCUT2D eigenvalue weighted by atomic mass is 16.6. The molecule has 0 aliphatic heterocycles. The van der Waals surface area contributed by atoms with Gasteiger partial charge in [0.1, 0.15) is 12.2 Å². The summed E-state index contributed by atoms with van der Waals surface area (Å²) in [6, 6.07) is 23.0. The summed E-state index contributed by atoms with van der Waals surface area (Å²) >= 11 is 0. The van der Waals surface area contributed by atoms with Gasteiger partial charge >= 0.3 is 17.9 Å². The summed E-state index contributed by atoms with van der Waals surface area (Å²) in [5.74, 6) is -3.52. The van der Waals surface area contributed by atoms with Crippen LogP contribution in [0.25, 0.3) is 0 Å². The van der Waals surface area contributed by atoms with Gasteiger partial charge < -0.3 is 28.8 Å². The number of unbranched alkanes of at least 4 members (excludes halogenated alkanes) is 2. The Morgan fingerprint density at radius 3 is 1.43 bits per heavy atom. The van der Waals surface area contributed by atoms with Crippen LogP contribution in [-0.2, 0) is 23.9 Å². The maximum atomic E-state index is 12.9. The average molecular weight is 869 g/mol. The summed E-state index contributed by atoms with van der Waals surface area (Å²) < 4.78 is 26.9. The van der Waals surface area contributed by atoms with E-state index in [9.17, 15) is 29.1 Å². The van der Waals surface area contributed by atoms with E-state index in [2.05, 4.69) is 35.9 Å². The first-order chi connectivity index (χ1) is 30.2. The molecule has 13 nitrogen and oxygen atoms in total. The summed E-state index contributed by atoms with van der Waals surface area (Å²) in [6.45, 7) is 12.6. The van der Waals surface area contributed by atoms with E-state index in [0.717, 1.165) is 49.7 Å². The zero-order valence-corrected chi connectivity index (χ0v) is 38.1. The lowest BCUT2D eigenvalue weighted by atomic mass is 9.89. The number of benzene rings is 2. The highest BCUT2D eigenvalue weighted by molar-refractivity contribution is 6.00. The second-order valence-corrected chi connectivity index (χ2v) is 15.7. The first kappa shape index (κ1) is 51.2. The molecule has 4 rings (SSSR count). The third-order valence-electron chi connectivity index (χ3n) is 10.7. The first-order valence-corrected chi connectivity index (χ1v) is 21.7. The molecule has 63 heavy (non-hydrogen) atoms. The van der Waals surface area contributed by atoms with Crippen LogP contribution in [-0.4, -0.2) is 71.0 Å². The number of rotatable bonds is 23. The van der Waals surface area contributed by atoms with E-state index in [4.69, 9.17) is 23.7 Å². The van der Waals surface area contributed by atoms with Crippen molar-refractivity contribution in [2.24, 2.45) is 11.8 Å². The van der Waals surface area contributed by atoms with Gasteiger partial charge in [0.2, 0.25) is 5.75 Å². The molecule has 13 heteroatoms. The summed E-state index contributed by atoms with van der Waals surface area (Å²) in [5.41, 5.74) is 2.11. The van der Waals surface area contributed by atoms with Gasteiger partial charge in [0, 0.05) is 56.1 Å².